The summed E-state index contributed by atoms with van der Waals surface area (Å²) in [4.78, 5) is 34.0. The SMILES string of the molecule is C=Cc1ccc(C(=O)OCCSCC(C=O)CC(C)NC(C)=O)cc1.N. The number of carbonyl (C=O) groups is 3. The van der Waals surface area contributed by atoms with E-state index >= 15 is 0 Å². The summed E-state index contributed by atoms with van der Waals surface area (Å²) < 4.78 is 5.22. The summed E-state index contributed by atoms with van der Waals surface area (Å²) in [6.45, 7) is 7.29. The van der Waals surface area contributed by atoms with Gasteiger partial charge in [-0.2, -0.15) is 11.8 Å². The van der Waals surface area contributed by atoms with Crippen molar-refractivity contribution in [3.63, 3.8) is 0 Å². The third-order valence-corrected chi connectivity index (χ3v) is 4.59. The van der Waals surface area contributed by atoms with Crippen LogP contribution in [0.25, 0.3) is 6.08 Å². The molecule has 1 rings (SSSR count). The van der Waals surface area contributed by atoms with Gasteiger partial charge >= 0.3 is 5.97 Å². The van der Waals surface area contributed by atoms with Crippen molar-refractivity contribution in [1.82, 2.24) is 11.5 Å². The minimum absolute atomic E-state index is 0. The van der Waals surface area contributed by atoms with Crippen molar-refractivity contribution in [2.45, 2.75) is 26.3 Å². The van der Waals surface area contributed by atoms with Gasteiger partial charge in [-0.15, -0.1) is 0 Å². The molecule has 26 heavy (non-hydrogen) atoms. The Labute approximate surface area is 159 Å². The van der Waals surface area contributed by atoms with E-state index in [9.17, 15) is 14.4 Å². The highest BCUT2D eigenvalue weighted by Crippen LogP contribution is 2.13. The molecule has 0 radical (unpaired) electrons. The Morgan fingerprint density at radius 1 is 1.31 bits per heavy atom. The molecule has 0 aliphatic rings. The molecule has 0 aromatic heterocycles. The largest absolute Gasteiger partial charge is 0.461 e. The van der Waals surface area contributed by atoms with E-state index < -0.39 is 0 Å². The first-order valence-corrected chi connectivity index (χ1v) is 9.31. The highest BCUT2D eigenvalue weighted by Gasteiger charge is 2.13. The zero-order chi connectivity index (χ0) is 18.7. The summed E-state index contributed by atoms with van der Waals surface area (Å²) in [5.41, 5.74) is 1.45. The summed E-state index contributed by atoms with van der Waals surface area (Å²) in [5, 5.41) is 2.77. The van der Waals surface area contributed by atoms with Crippen LogP contribution in [0.2, 0.25) is 0 Å². The van der Waals surface area contributed by atoms with Gasteiger partial charge in [-0.1, -0.05) is 24.8 Å². The second-order valence-corrected chi connectivity index (χ2v) is 6.92. The van der Waals surface area contributed by atoms with Crippen LogP contribution in [0.5, 0.6) is 0 Å². The fourth-order valence-electron chi connectivity index (χ4n) is 2.29. The van der Waals surface area contributed by atoms with Gasteiger partial charge in [0.05, 0.1) is 5.56 Å². The number of nitrogens with one attached hydrogen (secondary N) is 1. The molecular weight excluding hydrogens is 352 g/mol. The number of rotatable bonds is 11. The minimum atomic E-state index is -0.359. The number of esters is 1. The number of amides is 1. The molecule has 144 valence electrons. The number of aldehydes is 1. The van der Waals surface area contributed by atoms with Crippen molar-refractivity contribution in [3.05, 3.63) is 42.0 Å². The third kappa shape index (κ3) is 9.39. The van der Waals surface area contributed by atoms with Crippen molar-refractivity contribution in [2.75, 3.05) is 18.1 Å². The normalized spacial score (nSPS) is 12.2. The van der Waals surface area contributed by atoms with Gasteiger partial charge in [0, 0.05) is 30.4 Å². The second-order valence-electron chi connectivity index (χ2n) is 5.77. The van der Waals surface area contributed by atoms with Gasteiger partial charge in [0.2, 0.25) is 5.91 Å². The van der Waals surface area contributed by atoms with Gasteiger partial charge in [0.25, 0.3) is 0 Å². The molecular formula is C19H28N2O4S. The zero-order valence-corrected chi connectivity index (χ0v) is 16.2. The van der Waals surface area contributed by atoms with E-state index in [-0.39, 0.29) is 30.0 Å². The first kappa shape index (κ1) is 23.9. The van der Waals surface area contributed by atoms with Crippen molar-refractivity contribution < 1.29 is 19.1 Å². The number of carbonyl (C=O) groups excluding carboxylic acids is 3. The van der Waals surface area contributed by atoms with Gasteiger partial charge in [0.1, 0.15) is 12.9 Å². The van der Waals surface area contributed by atoms with Crippen LogP contribution in [0, 0.1) is 5.92 Å². The minimum Gasteiger partial charge on any atom is -0.461 e. The Hall–Kier alpha value is -2.12. The van der Waals surface area contributed by atoms with Crippen LogP contribution in [0.3, 0.4) is 0 Å². The topological polar surface area (TPSA) is 107 Å². The monoisotopic (exact) mass is 380 g/mol. The molecule has 2 unspecified atom stereocenters. The second kappa shape index (κ2) is 13.1. The van der Waals surface area contributed by atoms with Crippen molar-refractivity contribution in [1.29, 1.82) is 0 Å². The summed E-state index contributed by atoms with van der Waals surface area (Å²) >= 11 is 1.56. The lowest BCUT2D eigenvalue weighted by molar-refractivity contribution is -0.120. The van der Waals surface area contributed by atoms with Gasteiger partial charge in [-0.3, -0.25) is 4.79 Å². The van der Waals surface area contributed by atoms with Gasteiger partial charge in [0.15, 0.2) is 0 Å². The lowest BCUT2D eigenvalue weighted by Gasteiger charge is -2.16. The highest BCUT2D eigenvalue weighted by atomic mass is 32.2. The maximum Gasteiger partial charge on any atom is 0.338 e. The molecule has 0 aliphatic heterocycles. The van der Waals surface area contributed by atoms with Crippen LogP contribution in [0.1, 0.15) is 36.2 Å². The Bertz CT molecular complexity index is 590. The zero-order valence-electron chi connectivity index (χ0n) is 15.4. The number of hydrogen-bond acceptors (Lipinski definition) is 6. The lowest BCUT2D eigenvalue weighted by atomic mass is 10.0. The van der Waals surface area contributed by atoms with Crippen LogP contribution in [-0.4, -0.2) is 42.3 Å². The Morgan fingerprint density at radius 2 is 1.96 bits per heavy atom. The molecule has 1 aromatic carbocycles. The van der Waals surface area contributed by atoms with Crippen molar-refractivity contribution in [3.8, 4) is 0 Å². The number of benzene rings is 1. The van der Waals surface area contributed by atoms with Crippen LogP contribution in [0.15, 0.2) is 30.8 Å². The van der Waals surface area contributed by atoms with Gasteiger partial charge in [-0.25, -0.2) is 4.79 Å². The molecule has 0 fully saturated rings. The van der Waals surface area contributed by atoms with Crippen LogP contribution < -0.4 is 11.5 Å². The number of ether oxygens (including phenoxy) is 1. The first-order chi connectivity index (χ1) is 12.0. The number of hydrogen-bond donors (Lipinski definition) is 2. The molecule has 6 nitrogen and oxygen atoms in total. The quantitative estimate of drug-likeness (QED) is 0.347. The van der Waals surface area contributed by atoms with Crippen LogP contribution >= 0.6 is 11.8 Å². The molecule has 0 saturated carbocycles. The molecule has 7 heteroatoms. The summed E-state index contributed by atoms with van der Waals surface area (Å²) in [5.74, 6) is 0.670. The highest BCUT2D eigenvalue weighted by molar-refractivity contribution is 7.99. The maximum atomic E-state index is 11.9. The number of thioether (sulfide) groups is 1. The predicted molar refractivity (Wildman–Crippen MR) is 107 cm³/mol. The molecule has 0 saturated heterocycles. The fourth-order valence-corrected chi connectivity index (χ4v) is 3.17. The third-order valence-electron chi connectivity index (χ3n) is 3.47. The first-order valence-electron chi connectivity index (χ1n) is 8.16. The molecule has 4 N–H and O–H groups in total. The van der Waals surface area contributed by atoms with E-state index in [0.717, 1.165) is 11.8 Å². The summed E-state index contributed by atoms with van der Waals surface area (Å²) in [6.07, 6.45) is 3.23. The van der Waals surface area contributed by atoms with E-state index in [1.54, 1.807) is 30.0 Å². The molecule has 0 bridgehead atoms. The van der Waals surface area contributed by atoms with Gasteiger partial charge in [-0.05, 0) is 31.0 Å². The molecule has 0 spiro atoms. The van der Waals surface area contributed by atoms with E-state index in [1.807, 2.05) is 19.1 Å². The standard InChI is InChI=1S/C19H25NO4S.H3N/c1-4-16-5-7-18(8-6-16)19(23)24-9-10-25-13-17(12-21)11-14(2)20-15(3)22;/h4-8,12,14,17H,1,9-11,13H2,2-3H3,(H,20,22);1H3. The van der Waals surface area contributed by atoms with E-state index in [2.05, 4.69) is 11.9 Å². The van der Waals surface area contributed by atoms with Crippen LogP contribution in [0.4, 0.5) is 0 Å². The molecule has 1 amide bonds. The molecule has 0 heterocycles. The molecule has 0 aliphatic carbocycles. The predicted octanol–water partition coefficient (Wildman–Crippen LogP) is 3.11. The lowest BCUT2D eigenvalue weighted by Crippen LogP contribution is -2.32. The molecule has 2 atom stereocenters. The average molecular weight is 381 g/mol. The van der Waals surface area contributed by atoms with Gasteiger partial charge < -0.3 is 21.0 Å². The molecule has 1 aromatic rings. The van der Waals surface area contributed by atoms with Crippen molar-refractivity contribution in [2.24, 2.45) is 5.92 Å². The van der Waals surface area contributed by atoms with E-state index in [1.165, 1.54) is 6.92 Å². The Kier molecular flexibility index (Phi) is 12.1. The summed E-state index contributed by atoms with van der Waals surface area (Å²) in [7, 11) is 0. The van der Waals surface area contributed by atoms with Crippen LogP contribution in [-0.2, 0) is 14.3 Å². The van der Waals surface area contributed by atoms with E-state index in [4.69, 9.17) is 4.74 Å². The summed E-state index contributed by atoms with van der Waals surface area (Å²) in [6, 6.07) is 6.99. The maximum absolute atomic E-state index is 11.9. The Balaban J connectivity index is 0.00000625. The average Bonchev–Trinajstić information content (AvgIpc) is 2.59. The fraction of sp³-hybridized carbons (Fsp3) is 0.421. The van der Waals surface area contributed by atoms with Crippen molar-refractivity contribution >= 4 is 36.0 Å². The Morgan fingerprint density at radius 3 is 2.50 bits per heavy atom. The smallest absolute Gasteiger partial charge is 0.338 e. The van der Waals surface area contributed by atoms with E-state index in [0.29, 0.717) is 30.1 Å².